The van der Waals surface area contributed by atoms with Gasteiger partial charge in [-0.15, -0.1) is 0 Å². The number of furan rings is 1. The van der Waals surface area contributed by atoms with Gasteiger partial charge >= 0.3 is 0 Å². The molecule has 132 valence electrons. The van der Waals surface area contributed by atoms with Crippen molar-refractivity contribution in [3.63, 3.8) is 0 Å². The lowest BCUT2D eigenvalue weighted by atomic mass is 10.2. The molecule has 1 fully saturated rings. The fourth-order valence-corrected chi connectivity index (χ4v) is 3.08. The Hall–Kier alpha value is -1.40. The zero-order chi connectivity index (χ0) is 16.9. The van der Waals surface area contributed by atoms with Crippen molar-refractivity contribution in [2.45, 2.75) is 38.0 Å². The molecule has 1 aromatic heterocycles. The van der Waals surface area contributed by atoms with Crippen LogP contribution < -0.4 is 0 Å². The van der Waals surface area contributed by atoms with Gasteiger partial charge in [-0.2, -0.15) is 0 Å². The Bertz CT molecular complexity index is 602. The zero-order valence-corrected chi connectivity index (χ0v) is 14.5. The maximum absolute atomic E-state index is 10.2. The van der Waals surface area contributed by atoms with Crippen LogP contribution in [0.2, 0.25) is 0 Å². The highest BCUT2D eigenvalue weighted by Gasteiger charge is 2.20. The number of hydrogen-bond donors (Lipinski definition) is 1. The largest absolute Gasteiger partial charge is 0.459 e. The molecule has 0 radical (unpaired) electrons. The number of benzene rings is 1. The molecule has 0 bridgehead atoms. The number of rotatable bonds is 8. The summed E-state index contributed by atoms with van der Waals surface area (Å²) < 4.78 is 17.0. The molecular formula is C19H27NO4. The first-order valence-corrected chi connectivity index (χ1v) is 8.69. The van der Waals surface area contributed by atoms with Gasteiger partial charge in [-0.05, 0) is 38.9 Å². The summed E-state index contributed by atoms with van der Waals surface area (Å²) in [4.78, 5) is 2.08. The number of aliphatic hydroxyl groups is 1. The third-order valence-corrected chi connectivity index (χ3v) is 4.65. The minimum Gasteiger partial charge on any atom is -0.459 e. The molecule has 3 atom stereocenters. The Morgan fingerprint density at radius 1 is 1.38 bits per heavy atom. The van der Waals surface area contributed by atoms with Crippen LogP contribution >= 0.6 is 0 Å². The van der Waals surface area contributed by atoms with Crippen LogP contribution in [0.4, 0.5) is 0 Å². The van der Waals surface area contributed by atoms with Gasteiger partial charge in [0.1, 0.15) is 11.3 Å². The van der Waals surface area contributed by atoms with E-state index in [1.54, 1.807) is 0 Å². The molecule has 2 aromatic rings. The fraction of sp³-hybridized carbons (Fsp3) is 0.579. The van der Waals surface area contributed by atoms with E-state index < -0.39 is 6.10 Å². The second kappa shape index (κ2) is 8.12. The predicted molar refractivity (Wildman–Crippen MR) is 93.1 cm³/mol. The summed E-state index contributed by atoms with van der Waals surface area (Å²) in [5, 5.41) is 11.3. The van der Waals surface area contributed by atoms with E-state index in [0.29, 0.717) is 19.8 Å². The van der Waals surface area contributed by atoms with E-state index in [1.165, 1.54) is 0 Å². The maximum atomic E-state index is 10.2. The average Bonchev–Trinajstić information content (AvgIpc) is 3.23. The number of hydrogen-bond acceptors (Lipinski definition) is 5. The summed E-state index contributed by atoms with van der Waals surface area (Å²) in [6, 6.07) is 10.1. The lowest BCUT2D eigenvalue weighted by molar-refractivity contribution is -0.0262. The van der Waals surface area contributed by atoms with Gasteiger partial charge in [-0.3, -0.25) is 4.90 Å². The SMILES string of the molecule is CC(c1cc2ccccc2o1)N(C)CC(O)COCC1CCCO1. The van der Waals surface area contributed by atoms with Crippen LogP contribution in [0, 0.1) is 0 Å². The number of ether oxygens (including phenoxy) is 2. The maximum Gasteiger partial charge on any atom is 0.134 e. The monoisotopic (exact) mass is 333 g/mol. The van der Waals surface area contributed by atoms with Crippen LogP contribution in [-0.2, 0) is 9.47 Å². The van der Waals surface area contributed by atoms with E-state index in [4.69, 9.17) is 13.9 Å². The van der Waals surface area contributed by atoms with Gasteiger partial charge in [-0.1, -0.05) is 18.2 Å². The molecular weight excluding hydrogens is 306 g/mol. The van der Waals surface area contributed by atoms with E-state index >= 15 is 0 Å². The van der Waals surface area contributed by atoms with Crippen LogP contribution in [0.15, 0.2) is 34.7 Å². The third-order valence-electron chi connectivity index (χ3n) is 4.65. The van der Waals surface area contributed by atoms with Crippen molar-refractivity contribution >= 4 is 11.0 Å². The minimum absolute atomic E-state index is 0.0882. The Labute approximate surface area is 143 Å². The van der Waals surface area contributed by atoms with E-state index in [-0.39, 0.29) is 12.1 Å². The quantitative estimate of drug-likeness (QED) is 0.805. The van der Waals surface area contributed by atoms with Gasteiger partial charge in [0.15, 0.2) is 0 Å². The summed E-state index contributed by atoms with van der Waals surface area (Å²) in [6.45, 7) is 4.34. The van der Waals surface area contributed by atoms with Crippen molar-refractivity contribution in [2.24, 2.45) is 0 Å². The van der Waals surface area contributed by atoms with Crippen molar-refractivity contribution in [2.75, 3.05) is 33.4 Å². The minimum atomic E-state index is -0.525. The van der Waals surface area contributed by atoms with Crippen LogP contribution in [0.25, 0.3) is 11.0 Å². The molecule has 0 aliphatic carbocycles. The number of para-hydroxylation sites is 1. The smallest absolute Gasteiger partial charge is 0.134 e. The topological polar surface area (TPSA) is 55.1 Å². The van der Waals surface area contributed by atoms with E-state index in [9.17, 15) is 5.11 Å². The van der Waals surface area contributed by atoms with E-state index in [0.717, 1.165) is 36.2 Å². The molecule has 1 N–H and O–H groups in total. The van der Waals surface area contributed by atoms with E-state index in [2.05, 4.69) is 17.9 Å². The molecule has 0 saturated carbocycles. The number of nitrogens with zero attached hydrogens (tertiary/aromatic N) is 1. The first-order valence-electron chi connectivity index (χ1n) is 8.69. The summed E-state index contributed by atoms with van der Waals surface area (Å²) in [5.74, 6) is 0.908. The standard InChI is InChI=1S/C19H27NO4/c1-14(19-10-15-6-3-4-8-18(15)24-19)20(2)11-16(21)12-22-13-17-7-5-9-23-17/h3-4,6,8,10,14,16-17,21H,5,7,9,11-13H2,1-2H3. The Morgan fingerprint density at radius 3 is 2.96 bits per heavy atom. The molecule has 0 spiro atoms. The van der Waals surface area contributed by atoms with Gasteiger partial charge in [-0.25, -0.2) is 0 Å². The molecule has 1 aliphatic rings. The van der Waals surface area contributed by atoms with Crippen LogP contribution in [0.5, 0.6) is 0 Å². The van der Waals surface area contributed by atoms with Crippen molar-refractivity contribution < 1.29 is 19.0 Å². The molecule has 1 aromatic carbocycles. The Kier molecular flexibility index (Phi) is 5.89. The average molecular weight is 333 g/mol. The van der Waals surface area contributed by atoms with Crippen molar-refractivity contribution in [1.29, 1.82) is 0 Å². The fourth-order valence-electron chi connectivity index (χ4n) is 3.08. The first kappa shape index (κ1) is 17.4. The number of fused-ring (bicyclic) bond motifs is 1. The Morgan fingerprint density at radius 2 is 2.21 bits per heavy atom. The highest BCUT2D eigenvalue weighted by molar-refractivity contribution is 5.77. The highest BCUT2D eigenvalue weighted by Crippen LogP contribution is 2.26. The Balaban J connectivity index is 1.46. The summed E-state index contributed by atoms with van der Waals surface area (Å²) in [6.07, 6.45) is 1.83. The normalized spacial score (nSPS) is 20.8. The van der Waals surface area contributed by atoms with Crippen molar-refractivity contribution in [3.05, 3.63) is 36.1 Å². The molecule has 24 heavy (non-hydrogen) atoms. The second-order valence-electron chi connectivity index (χ2n) is 6.63. The van der Waals surface area contributed by atoms with Gasteiger partial charge in [0, 0.05) is 18.5 Å². The molecule has 2 heterocycles. The molecule has 5 heteroatoms. The van der Waals surface area contributed by atoms with Crippen LogP contribution in [0.3, 0.4) is 0 Å². The molecule has 1 saturated heterocycles. The van der Waals surface area contributed by atoms with Crippen molar-refractivity contribution in [1.82, 2.24) is 4.90 Å². The lowest BCUT2D eigenvalue weighted by Gasteiger charge is -2.25. The number of likely N-dealkylation sites (N-methyl/N-ethyl adjacent to an activating group) is 1. The first-order chi connectivity index (χ1) is 11.6. The lowest BCUT2D eigenvalue weighted by Crippen LogP contribution is -2.34. The summed E-state index contributed by atoms with van der Waals surface area (Å²) in [5.41, 5.74) is 0.896. The van der Waals surface area contributed by atoms with Gasteiger partial charge in [0.25, 0.3) is 0 Å². The van der Waals surface area contributed by atoms with Gasteiger partial charge < -0.3 is 19.0 Å². The second-order valence-corrected chi connectivity index (χ2v) is 6.63. The zero-order valence-electron chi connectivity index (χ0n) is 14.5. The molecule has 3 rings (SSSR count). The highest BCUT2D eigenvalue weighted by atomic mass is 16.5. The van der Waals surface area contributed by atoms with Gasteiger partial charge in [0.05, 0.1) is 31.5 Å². The summed E-state index contributed by atoms with van der Waals surface area (Å²) in [7, 11) is 1.99. The van der Waals surface area contributed by atoms with Gasteiger partial charge in [0.2, 0.25) is 0 Å². The van der Waals surface area contributed by atoms with Crippen LogP contribution in [-0.4, -0.2) is 55.6 Å². The van der Waals surface area contributed by atoms with E-state index in [1.807, 2.05) is 31.3 Å². The molecule has 1 aliphatic heterocycles. The van der Waals surface area contributed by atoms with Crippen molar-refractivity contribution in [3.8, 4) is 0 Å². The number of aliphatic hydroxyl groups excluding tert-OH is 1. The molecule has 0 amide bonds. The third kappa shape index (κ3) is 4.36. The summed E-state index contributed by atoms with van der Waals surface area (Å²) >= 11 is 0. The van der Waals surface area contributed by atoms with Crippen LogP contribution in [0.1, 0.15) is 31.6 Å². The molecule has 3 unspecified atom stereocenters. The predicted octanol–water partition coefficient (Wildman–Crippen LogP) is 2.98. The molecule has 5 nitrogen and oxygen atoms in total.